The Morgan fingerprint density at radius 1 is 1.32 bits per heavy atom. The average molecular weight is 264 g/mol. The lowest BCUT2D eigenvalue weighted by molar-refractivity contribution is 0.174. The normalized spacial score (nSPS) is 25.2. The molecule has 0 aliphatic carbocycles. The Morgan fingerprint density at radius 3 is 2.95 bits per heavy atom. The smallest absolute Gasteiger partial charge is 0.231 e. The number of benzene rings is 1. The quantitative estimate of drug-likeness (QED) is 0.791. The molecule has 2 aliphatic rings. The van der Waals surface area contributed by atoms with Crippen molar-refractivity contribution in [2.24, 2.45) is 0 Å². The summed E-state index contributed by atoms with van der Waals surface area (Å²) in [7, 11) is 0. The van der Waals surface area contributed by atoms with E-state index < -0.39 is 0 Å². The lowest BCUT2D eigenvalue weighted by Crippen LogP contribution is -2.46. The molecule has 0 bridgehead atoms. The third-order valence-electron chi connectivity index (χ3n) is 3.55. The van der Waals surface area contributed by atoms with E-state index in [0.717, 1.165) is 23.7 Å². The second-order valence-electron chi connectivity index (χ2n) is 5.84. The van der Waals surface area contributed by atoms with E-state index in [1.54, 1.807) is 0 Å². The van der Waals surface area contributed by atoms with Gasteiger partial charge in [0, 0.05) is 36.9 Å². The van der Waals surface area contributed by atoms with Crippen molar-refractivity contribution in [3.05, 3.63) is 18.2 Å². The van der Waals surface area contributed by atoms with Gasteiger partial charge in [0.2, 0.25) is 6.79 Å². The zero-order chi connectivity index (χ0) is 13.5. The molecule has 3 rings (SSSR count). The Morgan fingerprint density at radius 2 is 2.11 bits per heavy atom. The SMILES string of the molecule is CC1(C)CN(c2ccc3c(c2)OCO3)CC(O)CN1. The summed E-state index contributed by atoms with van der Waals surface area (Å²) in [5, 5.41) is 13.4. The minimum absolute atomic E-state index is 0.0339. The fraction of sp³-hybridized carbons (Fsp3) is 0.571. The minimum atomic E-state index is -0.368. The number of hydrogen-bond donors (Lipinski definition) is 2. The number of aliphatic hydroxyl groups is 1. The maximum atomic E-state index is 9.99. The molecule has 0 aromatic heterocycles. The molecule has 1 fully saturated rings. The van der Waals surface area contributed by atoms with Gasteiger partial charge >= 0.3 is 0 Å². The van der Waals surface area contributed by atoms with E-state index >= 15 is 0 Å². The molecule has 2 heterocycles. The highest BCUT2D eigenvalue weighted by Gasteiger charge is 2.28. The van der Waals surface area contributed by atoms with Gasteiger partial charge in [0.1, 0.15) is 0 Å². The molecule has 1 atom stereocenters. The second kappa shape index (κ2) is 4.58. The third-order valence-corrected chi connectivity index (χ3v) is 3.55. The van der Waals surface area contributed by atoms with Gasteiger partial charge in [0.25, 0.3) is 0 Å². The van der Waals surface area contributed by atoms with E-state index in [0.29, 0.717) is 13.1 Å². The summed E-state index contributed by atoms with van der Waals surface area (Å²) in [6.45, 7) is 6.65. The van der Waals surface area contributed by atoms with Crippen molar-refractivity contribution < 1.29 is 14.6 Å². The number of rotatable bonds is 1. The van der Waals surface area contributed by atoms with Crippen LogP contribution in [-0.2, 0) is 0 Å². The molecule has 0 amide bonds. The van der Waals surface area contributed by atoms with E-state index in [9.17, 15) is 5.11 Å². The van der Waals surface area contributed by atoms with Crippen LogP contribution >= 0.6 is 0 Å². The topological polar surface area (TPSA) is 54.0 Å². The Balaban J connectivity index is 1.87. The predicted octanol–water partition coefficient (Wildman–Crippen LogP) is 0.964. The van der Waals surface area contributed by atoms with E-state index in [1.165, 1.54) is 0 Å². The molecular formula is C14H20N2O3. The van der Waals surface area contributed by atoms with Gasteiger partial charge in [-0.3, -0.25) is 0 Å². The number of anilines is 1. The predicted molar refractivity (Wildman–Crippen MR) is 72.9 cm³/mol. The van der Waals surface area contributed by atoms with Gasteiger partial charge in [-0.25, -0.2) is 0 Å². The van der Waals surface area contributed by atoms with Crippen molar-refractivity contribution in [2.75, 3.05) is 31.3 Å². The molecule has 19 heavy (non-hydrogen) atoms. The highest BCUT2D eigenvalue weighted by Crippen LogP contribution is 2.36. The van der Waals surface area contributed by atoms with Crippen LogP contribution in [0.4, 0.5) is 5.69 Å². The average Bonchev–Trinajstić information content (AvgIpc) is 2.77. The van der Waals surface area contributed by atoms with Crippen LogP contribution in [0.3, 0.4) is 0 Å². The first-order chi connectivity index (χ1) is 9.03. The third kappa shape index (κ3) is 2.62. The van der Waals surface area contributed by atoms with Crippen LogP contribution in [0, 0.1) is 0 Å². The van der Waals surface area contributed by atoms with Gasteiger partial charge < -0.3 is 24.8 Å². The number of nitrogens with one attached hydrogen (secondary N) is 1. The van der Waals surface area contributed by atoms with E-state index in [-0.39, 0.29) is 18.4 Å². The van der Waals surface area contributed by atoms with E-state index in [1.807, 2.05) is 18.2 Å². The molecule has 0 spiro atoms. The molecule has 5 heteroatoms. The van der Waals surface area contributed by atoms with E-state index in [2.05, 4.69) is 24.1 Å². The van der Waals surface area contributed by atoms with Gasteiger partial charge in [-0.05, 0) is 26.0 Å². The summed E-state index contributed by atoms with van der Waals surface area (Å²) in [4.78, 5) is 2.19. The largest absolute Gasteiger partial charge is 0.454 e. The zero-order valence-corrected chi connectivity index (χ0v) is 11.3. The van der Waals surface area contributed by atoms with Crippen LogP contribution in [0.2, 0.25) is 0 Å². The fourth-order valence-corrected chi connectivity index (χ4v) is 2.59. The molecule has 1 aromatic rings. The molecule has 1 aromatic carbocycles. The summed E-state index contributed by atoms with van der Waals surface area (Å²) < 4.78 is 10.7. The van der Waals surface area contributed by atoms with Crippen molar-refractivity contribution in [3.63, 3.8) is 0 Å². The van der Waals surface area contributed by atoms with Crippen LogP contribution in [0.1, 0.15) is 13.8 Å². The molecule has 0 radical (unpaired) electrons. The highest BCUT2D eigenvalue weighted by molar-refractivity contribution is 5.57. The monoisotopic (exact) mass is 264 g/mol. The van der Waals surface area contributed by atoms with Crippen LogP contribution in [0.25, 0.3) is 0 Å². The van der Waals surface area contributed by atoms with Crippen LogP contribution in [0.5, 0.6) is 11.5 Å². The number of hydrogen-bond acceptors (Lipinski definition) is 5. The number of nitrogens with zero attached hydrogens (tertiary/aromatic N) is 1. The van der Waals surface area contributed by atoms with Crippen molar-refractivity contribution >= 4 is 5.69 Å². The summed E-state index contributed by atoms with van der Waals surface area (Å²) >= 11 is 0. The van der Waals surface area contributed by atoms with Gasteiger partial charge in [-0.2, -0.15) is 0 Å². The number of ether oxygens (including phenoxy) is 2. The Hall–Kier alpha value is -1.46. The Kier molecular flexibility index (Phi) is 3.03. The lowest BCUT2D eigenvalue weighted by atomic mass is 10.1. The Bertz CT molecular complexity index is 476. The molecule has 104 valence electrons. The minimum Gasteiger partial charge on any atom is -0.454 e. The second-order valence-corrected chi connectivity index (χ2v) is 5.84. The lowest BCUT2D eigenvalue weighted by Gasteiger charge is -2.31. The van der Waals surface area contributed by atoms with Crippen molar-refractivity contribution in [1.82, 2.24) is 5.32 Å². The first-order valence-electron chi connectivity index (χ1n) is 6.61. The van der Waals surface area contributed by atoms with Crippen molar-refractivity contribution in [2.45, 2.75) is 25.5 Å². The van der Waals surface area contributed by atoms with Gasteiger partial charge in [0.05, 0.1) is 6.10 Å². The fourth-order valence-electron chi connectivity index (χ4n) is 2.59. The summed E-state index contributed by atoms with van der Waals surface area (Å²) in [6.07, 6.45) is -0.368. The van der Waals surface area contributed by atoms with Gasteiger partial charge in [-0.1, -0.05) is 0 Å². The number of fused-ring (bicyclic) bond motifs is 1. The molecular weight excluding hydrogens is 244 g/mol. The number of aliphatic hydroxyl groups excluding tert-OH is 1. The summed E-state index contributed by atoms with van der Waals surface area (Å²) in [5.74, 6) is 1.57. The van der Waals surface area contributed by atoms with Gasteiger partial charge in [-0.15, -0.1) is 0 Å². The van der Waals surface area contributed by atoms with Crippen LogP contribution < -0.4 is 19.7 Å². The first-order valence-corrected chi connectivity index (χ1v) is 6.61. The van der Waals surface area contributed by atoms with Crippen LogP contribution in [0.15, 0.2) is 18.2 Å². The number of β-amino-alcohol motifs (C(OH)–C–C–N with tert-alkyl or cyclic N) is 1. The molecule has 2 N–H and O–H groups in total. The molecule has 1 saturated heterocycles. The summed E-state index contributed by atoms with van der Waals surface area (Å²) in [5.41, 5.74) is 1.02. The molecule has 0 saturated carbocycles. The van der Waals surface area contributed by atoms with Gasteiger partial charge in [0.15, 0.2) is 11.5 Å². The van der Waals surface area contributed by atoms with Crippen molar-refractivity contribution in [1.29, 1.82) is 0 Å². The molecule has 1 unspecified atom stereocenters. The first kappa shape index (κ1) is 12.6. The Labute approximate surface area is 113 Å². The molecule has 2 aliphatic heterocycles. The van der Waals surface area contributed by atoms with Crippen LogP contribution in [-0.4, -0.2) is 43.2 Å². The highest BCUT2D eigenvalue weighted by atomic mass is 16.7. The molecule has 5 nitrogen and oxygen atoms in total. The maximum Gasteiger partial charge on any atom is 0.231 e. The standard InChI is InChI=1S/C14H20N2O3/c1-14(2)8-16(7-11(17)6-15-14)10-3-4-12-13(5-10)19-9-18-12/h3-5,11,15,17H,6-9H2,1-2H3. The van der Waals surface area contributed by atoms with Crippen molar-refractivity contribution in [3.8, 4) is 11.5 Å². The zero-order valence-electron chi connectivity index (χ0n) is 11.3. The van der Waals surface area contributed by atoms with E-state index in [4.69, 9.17) is 9.47 Å². The maximum absolute atomic E-state index is 9.99. The summed E-state index contributed by atoms with van der Waals surface area (Å²) in [6, 6.07) is 5.92.